The fraction of sp³-hybridized carbons (Fsp3) is 0.208. The Morgan fingerprint density at radius 3 is 2.40 bits per heavy atom. The zero-order valence-corrected chi connectivity index (χ0v) is 17.1. The van der Waals surface area contributed by atoms with Crippen molar-refractivity contribution in [1.29, 1.82) is 0 Å². The normalized spacial score (nSPS) is 15.8. The predicted octanol–water partition coefficient (Wildman–Crippen LogP) is 4.47. The van der Waals surface area contributed by atoms with Gasteiger partial charge in [0.2, 0.25) is 5.91 Å². The van der Waals surface area contributed by atoms with Gasteiger partial charge in [0.25, 0.3) is 0 Å². The molecule has 6 nitrogen and oxygen atoms in total. The van der Waals surface area contributed by atoms with Crippen LogP contribution in [-0.2, 0) is 9.59 Å². The second kappa shape index (κ2) is 7.99. The molecule has 0 aromatic heterocycles. The molecule has 0 fully saturated rings. The fourth-order valence-corrected chi connectivity index (χ4v) is 3.77. The second-order valence-corrected chi connectivity index (χ2v) is 7.16. The lowest BCUT2D eigenvalue weighted by Gasteiger charge is -2.20. The van der Waals surface area contributed by atoms with Gasteiger partial charge in [0, 0.05) is 31.2 Å². The average molecular weight is 402 g/mol. The molecule has 1 aliphatic heterocycles. The van der Waals surface area contributed by atoms with E-state index < -0.39 is 5.97 Å². The van der Waals surface area contributed by atoms with Gasteiger partial charge in [-0.2, -0.15) is 5.10 Å². The Kier molecular flexibility index (Phi) is 5.23. The van der Waals surface area contributed by atoms with Crippen molar-refractivity contribution in [3.63, 3.8) is 0 Å². The maximum atomic E-state index is 12.3. The first kappa shape index (κ1) is 19.6. The van der Waals surface area contributed by atoms with Gasteiger partial charge in [-0.1, -0.05) is 42.5 Å². The number of amides is 1. The molecule has 3 aromatic rings. The van der Waals surface area contributed by atoms with Crippen molar-refractivity contribution in [3.8, 4) is 11.5 Å². The molecule has 1 atom stereocenters. The molecular formula is C24H22N2O4. The molecule has 30 heavy (non-hydrogen) atoms. The number of carbonyl (C=O) groups excluding carboxylic acids is 2. The number of esters is 1. The quantitative estimate of drug-likeness (QED) is 0.477. The number of nitrogens with zero attached hydrogens (tertiary/aromatic N) is 2. The molecule has 0 N–H and O–H groups in total. The van der Waals surface area contributed by atoms with Crippen molar-refractivity contribution in [2.45, 2.75) is 26.3 Å². The van der Waals surface area contributed by atoms with Crippen molar-refractivity contribution >= 4 is 28.4 Å². The fourth-order valence-electron chi connectivity index (χ4n) is 3.77. The number of hydrogen-bond donors (Lipinski definition) is 0. The van der Waals surface area contributed by atoms with E-state index in [1.807, 2.05) is 60.7 Å². The van der Waals surface area contributed by atoms with Crippen LogP contribution in [0.2, 0.25) is 0 Å². The summed E-state index contributed by atoms with van der Waals surface area (Å²) in [4.78, 5) is 24.1. The van der Waals surface area contributed by atoms with E-state index >= 15 is 0 Å². The van der Waals surface area contributed by atoms with E-state index in [4.69, 9.17) is 9.47 Å². The lowest BCUT2D eigenvalue weighted by atomic mass is 9.96. The first-order valence-electron chi connectivity index (χ1n) is 9.69. The first-order chi connectivity index (χ1) is 14.5. The Morgan fingerprint density at radius 2 is 1.73 bits per heavy atom. The number of fused-ring (bicyclic) bond motifs is 1. The third-order valence-corrected chi connectivity index (χ3v) is 5.17. The Bertz CT molecular complexity index is 1150. The molecule has 6 heteroatoms. The maximum absolute atomic E-state index is 12.3. The molecule has 1 amide bonds. The molecule has 0 unspecified atom stereocenters. The third kappa shape index (κ3) is 3.64. The monoisotopic (exact) mass is 402 g/mol. The average Bonchev–Trinajstić information content (AvgIpc) is 3.19. The van der Waals surface area contributed by atoms with Crippen LogP contribution in [0, 0.1) is 0 Å². The van der Waals surface area contributed by atoms with Crippen LogP contribution in [0.5, 0.6) is 11.5 Å². The summed E-state index contributed by atoms with van der Waals surface area (Å²) >= 11 is 0. The molecule has 0 saturated heterocycles. The molecule has 1 heterocycles. The van der Waals surface area contributed by atoms with Gasteiger partial charge >= 0.3 is 5.97 Å². The highest BCUT2D eigenvalue weighted by molar-refractivity contribution is 6.09. The summed E-state index contributed by atoms with van der Waals surface area (Å²) in [5, 5.41) is 7.89. The van der Waals surface area contributed by atoms with Crippen molar-refractivity contribution < 1.29 is 19.1 Å². The van der Waals surface area contributed by atoms with Crippen LogP contribution in [0.4, 0.5) is 0 Å². The molecule has 0 saturated carbocycles. The molecular weight excluding hydrogens is 380 g/mol. The van der Waals surface area contributed by atoms with Crippen molar-refractivity contribution in [2.75, 3.05) is 7.11 Å². The van der Waals surface area contributed by atoms with Gasteiger partial charge in [0.05, 0.1) is 18.9 Å². The number of rotatable bonds is 4. The van der Waals surface area contributed by atoms with E-state index in [1.54, 1.807) is 7.11 Å². The van der Waals surface area contributed by atoms with Crippen LogP contribution in [-0.4, -0.2) is 29.7 Å². The number of methoxy groups -OCH3 is 1. The minimum absolute atomic E-state index is 0.152. The van der Waals surface area contributed by atoms with Gasteiger partial charge in [-0.15, -0.1) is 0 Å². The van der Waals surface area contributed by atoms with Crippen LogP contribution in [0.25, 0.3) is 10.8 Å². The van der Waals surface area contributed by atoms with Gasteiger partial charge in [0.15, 0.2) is 0 Å². The SMILES string of the molecule is COc1ccc([C@H]2CC(c3ccc4ccccc4c3OC(C)=O)=NN2C(C)=O)cc1. The lowest BCUT2D eigenvalue weighted by Crippen LogP contribution is -2.24. The Hall–Kier alpha value is -3.67. The van der Waals surface area contributed by atoms with E-state index in [2.05, 4.69) is 5.10 Å². The van der Waals surface area contributed by atoms with Crippen LogP contribution >= 0.6 is 0 Å². The minimum atomic E-state index is -0.402. The Morgan fingerprint density at radius 1 is 1.00 bits per heavy atom. The van der Waals surface area contributed by atoms with Gasteiger partial charge < -0.3 is 9.47 Å². The largest absolute Gasteiger partial charge is 0.497 e. The summed E-state index contributed by atoms with van der Waals surface area (Å²) in [6.07, 6.45) is 0.512. The maximum Gasteiger partial charge on any atom is 0.308 e. The van der Waals surface area contributed by atoms with Crippen molar-refractivity contribution in [1.82, 2.24) is 5.01 Å². The van der Waals surface area contributed by atoms with Crippen molar-refractivity contribution in [2.24, 2.45) is 5.10 Å². The minimum Gasteiger partial charge on any atom is -0.497 e. The third-order valence-electron chi connectivity index (χ3n) is 5.17. The molecule has 1 aliphatic rings. The van der Waals surface area contributed by atoms with E-state index in [1.165, 1.54) is 18.9 Å². The van der Waals surface area contributed by atoms with E-state index in [9.17, 15) is 9.59 Å². The lowest BCUT2D eigenvalue weighted by molar-refractivity contribution is -0.132. The zero-order valence-electron chi connectivity index (χ0n) is 17.1. The summed E-state index contributed by atoms with van der Waals surface area (Å²) < 4.78 is 10.8. The number of carbonyl (C=O) groups is 2. The van der Waals surface area contributed by atoms with Crippen LogP contribution in [0.3, 0.4) is 0 Å². The van der Waals surface area contributed by atoms with Crippen LogP contribution < -0.4 is 9.47 Å². The molecule has 0 bridgehead atoms. The number of benzene rings is 3. The Balaban J connectivity index is 1.78. The highest BCUT2D eigenvalue weighted by atomic mass is 16.5. The molecule has 152 valence electrons. The molecule has 3 aromatic carbocycles. The van der Waals surface area contributed by atoms with E-state index in [-0.39, 0.29) is 11.9 Å². The van der Waals surface area contributed by atoms with E-state index in [0.717, 1.165) is 22.1 Å². The highest BCUT2D eigenvalue weighted by Crippen LogP contribution is 2.38. The number of hydrazone groups is 1. The van der Waals surface area contributed by atoms with Gasteiger partial charge in [-0.3, -0.25) is 9.59 Å². The second-order valence-electron chi connectivity index (χ2n) is 7.16. The topological polar surface area (TPSA) is 68.2 Å². The van der Waals surface area contributed by atoms with Gasteiger partial charge in [-0.25, -0.2) is 5.01 Å². The summed E-state index contributed by atoms with van der Waals surface area (Å²) in [5.74, 6) is 0.666. The van der Waals surface area contributed by atoms with Crippen LogP contribution in [0.1, 0.15) is 37.4 Å². The van der Waals surface area contributed by atoms with E-state index in [0.29, 0.717) is 23.4 Å². The van der Waals surface area contributed by atoms with Crippen molar-refractivity contribution in [3.05, 3.63) is 71.8 Å². The molecule has 0 radical (unpaired) electrons. The first-order valence-corrected chi connectivity index (χ1v) is 9.69. The number of ether oxygens (including phenoxy) is 2. The van der Waals surface area contributed by atoms with Crippen LogP contribution in [0.15, 0.2) is 65.8 Å². The Labute approximate surface area is 174 Å². The van der Waals surface area contributed by atoms with Gasteiger partial charge in [-0.05, 0) is 29.1 Å². The summed E-state index contributed by atoms with van der Waals surface area (Å²) in [7, 11) is 1.62. The molecule has 0 aliphatic carbocycles. The molecule has 4 rings (SSSR count). The summed E-state index contributed by atoms with van der Waals surface area (Å²) in [6.45, 7) is 2.88. The predicted molar refractivity (Wildman–Crippen MR) is 115 cm³/mol. The summed E-state index contributed by atoms with van der Waals surface area (Å²) in [6, 6.07) is 18.9. The highest BCUT2D eigenvalue weighted by Gasteiger charge is 2.33. The smallest absolute Gasteiger partial charge is 0.308 e. The number of hydrogen-bond acceptors (Lipinski definition) is 5. The zero-order chi connectivity index (χ0) is 21.3. The molecule has 0 spiro atoms. The standard InChI is InChI=1S/C24H22N2O4/c1-15(27)26-23(18-8-11-19(29-3)12-9-18)14-22(25-26)21-13-10-17-6-4-5-7-20(17)24(21)30-16(2)28/h4-13,23H,14H2,1-3H3/t23-/m1/s1. The summed E-state index contributed by atoms with van der Waals surface area (Å²) in [5.41, 5.74) is 2.37. The van der Waals surface area contributed by atoms with Gasteiger partial charge in [0.1, 0.15) is 11.5 Å².